The summed E-state index contributed by atoms with van der Waals surface area (Å²) < 4.78 is 9.17. The van der Waals surface area contributed by atoms with E-state index in [1.165, 1.54) is 0 Å². The molecule has 0 radical (unpaired) electrons. The first-order valence-corrected chi connectivity index (χ1v) is 10.9. The topological polar surface area (TPSA) is 50.6 Å². The van der Waals surface area contributed by atoms with E-state index in [0.717, 1.165) is 45.0 Å². The average molecular weight is 485 g/mol. The molecule has 30 heavy (non-hydrogen) atoms. The van der Waals surface area contributed by atoms with Gasteiger partial charge in [-0.25, -0.2) is 0 Å². The Labute approximate surface area is 191 Å². The summed E-state index contributed by atoms with van der Waals surface area (Å²) in [5.41, 5.74) is 8.31. The third-order valence-electron chi connectivity index (χ3n) is 4.59. The molecule has 7 heteroatoms. The van der Waals surface area contributed by atoms with Gasteiger partial charge in [0.05, 0.1) is 6.21 Å². The van der Waals surface area contributed by atoms with Crippen LogP contribution in [0.5, 0.6) is 5.75 Å². The first-order chi connectivity index (χ1) is 14.5. The number of benzene rings is 2. The zero-order valence-corrected chi connectivity index (χ0v) is 19.7. The highest BCUT2D eigenvalue weighted by atomic mass is 79.9. The predicted molar refractivity (Wildman–Crippen MR) is 131 cm³/mol. The zero-order valence-electron chi connectivity index (χ0n) is 17.3. The van der Waals surface area contributed by atoms with Crippen molar-refractivity contribution in [2.45, 2.75) is 27.4 Å². The minimum atomic E-state index is 0.515. The number of aryl methyl sites for hydroxylation is 1. The average Bonchev–Trinajstić information content (AvgIpc) is 3.01. The van der Waals surface area contributed by atoms with Crippen molar-refractivity contribution < 1.29 is 4.74 Å². The fraction of sp³-hybridized carbons (Fsp3) is 0.217. The Morgan fingerprint density at radius 3 is 2.50 bits per heavy atom. The highest BCUT2D eigenvalue weighted by Crippen LogP contribution is 2.23. The number of hydrogen-bond acceptors (Lipinski definition) is 3. The molecule has 0 saturated carbocycles. The predicted octanol–water partition coefficient (Wildman–Crippen LogP) is 5.25. The van der Waals surface area contributed by atoms with Crippen LogP contribution in [0.25, 0.3) is 5.69 Å². The lowest BCUT2D eigenvalue weighted by atomic mass is 10.2. The fourth-order valence-electron chi connectivity index (χ4n) is 3.11. The number of ether oxygens (including phenoxy) is 1. The first kappa shape index (κ1) is 22.1. The van der Waals surface area contributed by atoms with Gasteiger partial charge in [0.1, 0.15) is 12.4 Å². The van der Waals surface area contributed by atoms with Crippen LogP contribution in [0.4, 0.5) is 0 Å². The Bertz CT molecular complexity index is 1030. The van der Waals surface area contributed by atoms with Crippen LogP contribution in [-0.4, -0.2) is 22.4 Å². The summed E-state index contributed by atoms with van der Waals surface area (Å²) in [5, 5.41) is 7.75. The van der Waals surface area contributed by atoms with Crippen molar-refractivity contribution in [3.63, 3.8) is 0 Å². The SMILES string of the molecule is CCNC(=S)NN=Cc1cc(C)n(-c2ccc(OCc3ccc(Br)cc3)cc2)c1C. The summed E-state index contributed by atoms with van der Waals surface area (Å²) in [4.78, 5) is 0. The molecule has 2 aromatic carbocycles. The number of halogens is 1. The number of hydrazone groups is 1. The molecule has 0 bridgehead atoms. The van der Waals surface area contributed by atoms with Crippen LogP contribution in [0.1, 0.15) is 29.4 Å². The van der Waals surface area contributed by atoms with E-state index in [0.29, 0.717) is 11.7 Å². The maximum atomic E-state index is 5.91. The molecule has 0 saturated heterocycles. The van der Waals surface area contributed by atoms with Crippen molar-refractivity contribution in [2.75, 3.05) is 6.54 Å². The van der Waals surface area contributed by atoms with Crippen molar-refractivity contribution in [1.82, 2.24) is 15.3 Å². The lowest BCUT2D eigenvalue weighted by Gasteiger charge is -2.11. The Kier molecular flexibility index (Phi) is 7.65. The second-order valence-electron chi connectivity index (χ2n) is 6.80. The second-order valence-corrected chi connectivity index (χ2v) is 8.12. The van der Waals surface area contributed by atoms with Crippen molar-refractivity contribution in [2.24, 2.45) is 5.10 Å². The van der Waals surface area contributed by atoms with Crippen LogP contribution in [0.15, 0.2) is 64.2 Å². The standard InChI is InChI=1S/C23H25BrN4OS/c1-4-25-23(30)27-26-14-19-13-16(2)28(17(19)3)21-9-11-22(12-10-21)29-15-18-5-7-20(24)8-6-18/h5-14H,4,15H2,1-3H3,(H2,25,27,30). The number of thiocarbonyl (C=S) groups is 1. The zero-order chi connectivity index (χ0) is 21.5. The number of nitrogens with zero attached hydrogens (tertiary/aromatic N) is 2. The van der Waals surface area contributed by atoms with Gasteiger partial charge in [0, 0.05) is 33.7 Å². The Balaban J connectivity index is 1.68. The fourth-order valence-corrected chi connectivity index (χ4v) is 3.58. The maximum Gasteiger partial charge on any atom is 0.186 e. The van der Waals surface area contributed by atoms with Gasteiger partial charge in [0.15, 0.2) is 5.11 Å². The van der Waals surface area contributed by atoms with Crippen molar-refractivity contribution in [1.29, 1.82) is 0 Å². The maximum absolute atomic E-state index is 5.91. The second kappa shape index (κ2) is 10.4. The van der Waals surface area contributed by atoms with Gasteiger partial charge >= 0.3 is 0 Å². The monoisotopic (exact) mass is 484 g/mol. The van der Waals surface area contributed by atoms with E-state index in [1.54, 1.807) is 6.21 Å². The van der Waals surface area contributed by atoms with Crippen LogP contribution in [0, 0.1) is 13.8 Å². The van der Waals surface area contributed by atoms with Crippen LogP contribution in [0.3, 0.4) is 0 Å². The third-order valence-corrected chi connectivity index (χ3v) is 5.36. The molecule has 0 aliphatic rings. The third kappa shape index (κ3) is 5.70. The lowest BCUT2D eigenvalue weighted by Crippen LogP contribution is -2.31. The van der Waals surface area contributed by atoms with Gasteiger partial charge in [0.2, 0.25) is 0 Å². The smallest absolute Gasteiger partial charge is 0.186 e. The van der Waals surface area contributed by atoms with Gasteiger partial charge in [-0.1, -0.05) is 28.1 Å². The van der Waals surface area contributed by atoms with Crippen LogP contribution in [-0.2, 0) is 6.61 Å². The lowest BCUT2D eigenvalue weighted by molar-refractivity contribution is 0.306. The van der Waals surface area contributed by atoms with Gasteiger partial charge in [-0.3, -0.25) is 5.43 Å². The Morgan fingerprint density at radius 1 is 1.13 bits per heavy atom. The van der Waals surface area contributed by atoms with Gasteiger partial charge in [-0.05, 0) is 81.0 Å². The number of aromatic nitrogens is 1. The minimum absolute atomic E-state index is 0.515. The van der Waals surface area contributed by atoms with Gasteiger partial charge in [0.25, 0.3) is 0 Å². The molecule has 1 aromatic heterocycles. The summed E-state index contributed by atoms with van der Waals surface area (Å²) in [5.74, 6) is 0.840. The largest absolute Gasteiger partial charge is 0.489 e. The van der Waals surface area contributed by atoms with E-state index in [4.69, 9.17) is 17.0 Å². The van der Waals surface area contributed by atoms with E-state index in [-0.39, 0.29) is 0 Å². The van der Waals surface area contributed by atoms with E-state index in [2.05, 4.69) is 68.4 Å². The minimum Gasteiger partial charge on any atom is -0.489 e. The Hall–Kier alpha value is -2.64. The van der Waals surface area contributed by atoms with Gasteiger partial charge in [-0.2, -0.15) is 5.10 Å². The molecule has 3 rings (SSSR count). The quantitative estimate of drug-likeness (QED) is 0.273. The molecule has 3 aromatic rings. The number of hydrogen-bond donors (Lipinski definition) is 2. The summed E-state index contributed by atoms with van der Waals surface area (Å²) in [6.07, 6.45) is 1.79. The summed E-state index contributed by atoms with van der Waals surface area (Å²) in [6, 6.07) is 18.4. The van der Waals surface area contributed by atoms with Crippen molar-refractivity contribution >= 4 is 39.5 Å². The molecule has 156 valence electrons. The molecule has 5 nitrogen and oxygen atoms in total. The number of nitrogens with one attached hydrogen (secondary N) is 2. The normalized spacial score (nSPS) is 10.9. The Morgan fingerprint density at radius 2 is 1.83 bits per heavy atom. The molecule has 1 heterocycles. The summed E-state index contributed by atoms with van der Waals surface area (Å²) in [7, 11) is 0. The van der Waals surface area contributed by atoms with Crippen LogP contribution < -0.4 is 15.5 Å². The summed E-state index contributed by atoms with van der Waals surface area (Å²) in [6.45, 7) is 7.45. The molecule has 0 spiro atoms. The van der Waals surface area contributed by atoms with E-state index >= 15 is 0 Å². The van der Waals surface area contributed by atoms with Crippen molar-refractivity contribution in [3.05, 3.63) is 81.6 Å². The van der Waals surface area contributed by atoms with E-state index < -0.39 is 0 Å². The highest BCUT2D eigenvalue weighted by molar-refractivity contribution is 9.10. The van der Waals surface area contributed by atoms with Gasteiger partial charge in [-0.15, -0.1) is 0 Å². The first-order valence-electron chi connectivity index (χ1n) is 9.71. The van der Waals surface area contributed by atoms with E-state index in [1.807, 2.05) is 43.3 Å². The molecule has 0 fully saturated rings. The number of rotatable bonds is 7. The molecule has 0 amide bonds. The van der Waals surface area contributed by atoms with Crippen molar-refractivity contribution in [3.8, 4) is 11.4 Å². The van der Waals surface area contributed by atoms with E-state index in [9.17, 15) is 0 Å². The molecule has 0 aliphatic heterocycles. The molecular formula is C23H25BrN4OS. The molecular weight excluding hydrogens is 460 g/mol. The van der Waals surface area contributed by atoms with Gasteiger partial charge < -0.3 is 14.6 Å². The molecule has 2 N–H and O–H groups in total. The summed E-state index contributed by atoms with van der Waals surface area (Å²) >= 11 is 8.57. The molecule has 0 atom stereocenters. The van der Waals surface area contributed by atoms with Crippen LogP contribution in [0.2, 0.25) is 0 Å². The molecule has 0 unspecified atom stereocenters. The molecule has 0 aliphatic carbocycles. The highest BCUT2D eigenvalue weighted by Gasteiger charge is 2.10. The van der Waals surface area contributed by atoms with Crippen LogP contribution >= 0.6 is 28.1 Å².